The van der Waals surface area contributed by atoms with E-state index in [0.29, 0.717) is 23.7 Å². The Morgan fingerprint density at radius 2 is 1.81 bits per heavy atom. The highest BCUT2D eigenvalue weighted by molar-refractivity contribution is 5.91. The van der Waals surface area contributed by atoms with Crippen LogP contribution in [0.4, 0.5) is 5.69 Å². The fourth-order valence-electron chi connectivity index (χ4n) is 2.28. The number of hydrogen-bond acceptors (Lipinski definition) is 5. The third kappa shape index (κ3) is 6.31. The summed E-state index contributed by atoms with van der Waals surface area (Å²) in [4.78, 5) is 22.9. The summed E-state index contributed by atoms with van der Waals surface area (Å²) in [7, 11) is 1.51. The lowest BCUT2D eigenvalue weighted by Gasteiger charge is -2.14. The third-order valence-electron chi connectivity index (χ3n) is 3.90. The van der Waals surface area contributed by atoms with Crippen LogP contribution in [0.3, 0.4) is 0 Å². The average molecular weight is 372 g/mol. The van der Waals surface area contributed by atoms with E-state index >= 15 is 0 Å². The highest BCUT2D eigenvalue weighted by Gasteiger charge is 2.12. The Hall–Kier alpha value is -3.06. The van der Waals surface area contributed by atoms with Gasteiger partial charge >= 0.3 is 5.97 Å². The van der Waals surface area contributed by atoms with Gasteiger partial charge in [-0.15, -0.1) is 0 Å². The molecule has 2 rings (SSSR count). The van der Waals surface area contributed by atoms with Crippen LogP contribution in [0.15, 0.2) is 42.5 Å². The van der Waals surface area contributed by atoms with Crippen molar-refractivity contribution in [2.45, 2.75) is 26.4 Å². The molecular formula is C20H24N2O5. The second-order valence-electron chi connectivity index (χ2n) is 6.13. The molecule has 0 radical (unpaired) electrons. The van der Waals surface area contributed by atoms with Crippen LogP contribution >= 0.6 is 0 Å². The van der Waals surface area contributed by atoms with Crippen molar-refractivity contribution < 1.29 is 24.2 Å². The average Bonchev–Trinajstić information content (AvgIpc) is 2.66. The van der Waals surface area contributed by atoms with Crippen LogP contribution in [0.5, 0.6) is 11.5 Å². The van der Waals surface area contributed by atoms with Crippen molar-refractivity contribution in [1.82, 2.24) is 5.32 Å². The zero-order chi connectivity index (χ0) is 19.8. The summed E-state index contributed by atoms with van der Waals surface area (Å²) >= 11 is 0. The quantitative estimate of drug-likeness (QED) is 0.626. The molecule has 0 aromatic heterocycles. The summed E-state index contributed by atoms with van der Waals surface area (Å²) in [5, 5.41) is 14.6. The van der Waals surface area contributed by atoms with E-state index in [9.17, 15) is 9.59 Å². The molecule has 0 bridgehead atoms. The Kier molecular flexibility index (Phi) is 7.19. The molecular weight excluding hydrogens is 348 g/mol. The fourth-order valence-corrected chi connectivity index (χ4v) is 2.28. The lowest BCUT2D eigenvalue weighted by atomic mass is 10.2. The van der Waals surface area contributed by atoms with Crippen LogP contribution in [0.1, 0.15) is 18.1 Å². The number of anilines is 1. The second kappa shape index (κ2) is 9.59. The summed E-state index contributed by atoms with van der Waals surface area (Å²) in [6, 6.07) is 12.1. The number of carbonyl (C=O) groups excluding carboxylic acids is 1. The normalized spacial score (nSPS) is 11.5. The fraction of sp³-hybridized carbons (Fsp3) is 0.300. The molecule has 0 spiro atoms. The Balaban J connectivity index is 1.92. The number of aryl methyl sites for hydroxylation is 1. The molecule has 1 amide bonds. The first-order valence-electron chi connectivity index (χ1n) is 8.51. The topological polar surface area (TPSA) is 96.9 Å². The maximum Gasteiger partial charge on any atom is 0.320 e. The minimum absolute atomic E-state index is 0.155. The summed E-state index contributed by atoms with van der Waals surface area (Å²) in [5.41, 5.74) is 2.66. The number of aliphatic carboxylic acids is 1. The Labute approximate surface area is 158 Å². The Bertz CT molecular complexity index is 789. The van der Waals surface area contributed by atoms with Crippen LogP contribution in [0, 0.1) is 6.92 Å². The van der Waals surface area contributed by atoms with Crippen molar-refractivity contribution in [3.63, 3.8) is 0 Å². The van der Waals surface area contributed by atoms with Gasteiger partial charge in [0, 0.05) is 12.2 Å². The number of ether oxygens (including phenoxy) is 2. The number of carbonyl (C=O) groups is 2. The minimum atomic E-state index is -0.915. The van der Waals surface area contributed by atoms with E-state index in [1.165, 1.54) is 7.11 Å². The SMILES string of the molecule is COc1cc(CNC(C)C(=O)O)ccc1OCC(=O)Nc1ccc(C)cc1. The summed E-state index contributed by atoms with van der Waals surface area (Å²) in [6.07, 6.45) is 0. The zero-order valence-corrected chi connectivity index (χ0v) is 15.6. The maximum atomic E-state index is 12.0. The first-order chi connectivity index (χ1) is 12.9. The second-order valence-corrected chi connectivity index (χ2v) is 6.13. The van der Waals surface area contributed by atoms with Gasteiger partial charge in [-0.05, 0) is 43.7 Å². The molecule has 1 atom stereocenters. The molecule has 2 aromatic rings. The van der Waals surface area contributed by atoms with Crippen molar-refractivity contribution in [2.75, 3.05) is 19.0 Å². The Morgan fingerprint density at radius 1 is 1.11 bits per heavy atom. The molecule has 144 valence electrons. The molecule has 2 aromatic carbocycles. The number of hydrogen-bond donors (Lipinski definition) is 3. The molecule has 0 heterocycles. The molecule has 0 aliphatic heterocycles. The van der Waals surface area contributed by atoms with Gasteiger partial charge < -0.3 is 25.2 Å². The monoisotopic (exact) mass is 372 g/mol. The molecule has 7 heteroatoms. The maximum absolute atomic E-state index is 12.0. The molecule has 7 nitrogen and oxygen atoms in total. The third-order valence-corrected chi connectivity index (χ3v) is 3.90. The van der Waals surface area contributed by atoms with Crippen molar-refractivity contribution >= 4 is 17.6 Å². The lowest BCUT2D eigenvalue weighted by Crippen LogP contribution is -2.33. The van der Waals surface area contributed by atoms with Crippen molar-refractivity contribution in [2.24, 2.45) is 0 Å². The summed E-state index contributed by atoms with van der Waals surface area (Å²) in [6.45, 7) is 3.77. The first-order valence-corrected chi connectivity index (χ1v) is 8.51. The van der Waals surface area contributed by atoms with Crippen molar-refractivity contribution in [3.05, 3.63) is 53.6 Å². The van der Waals surface area contributed by atoms with E-state index in [2.05, 4.69) is 10.6 Å². The van der Waals surface area contributed by atoms with E-state index < -0.39 is 12.0 Å². The number of nitrogens with one attached hydrogen (secondary N) is 2. The molecule has 0 fully saturated rings. The minimum Gasteiger partial charge on any atom is -0.493 e. The van der Waals surface area contributed by atoms with E-state index in [1.54, 1.807) is 25.1 Å². The molecule has 1 unspecified atom stereocenters. The van der Waals surface area contributed by atoms with E-state index in [0.717, 1.165) is 11.1 Å². The number of benzene rings is 2. The van der Waals surface area contributed by atoms with Gasteiger partial charge in [0.05, 0.1) is 7.11 Å². The van der Waals surface area contributed by atoms with Gasteiger partial charge in [0.1, 0.15) is 6.04 Å². The van der Waals surface area contributed by atoms with Crippen LogP contribution in [0.25, 0.3) is 0 Å². The molecule has 0 saturated carbocycles. The molecule has 0 aliphatic rings. The number of rotatable bonds is 9. The standard InChI is InChI=1S/C20H24N2O5/c1-13-4-7-16(8-5-13)22-19(23)12-27-17-9-6-15(10-18(17)26-3)11-21-14(2)20(24)25/h4-10,14,21H,11-12H2,1-3H3,(H,22,23)(H,24,25). The predicted molar refractivity (Wildman–Crippen MR) is 102 cm³/mol. The van der Waals surface area contributed by atoms with Gasteiger partial charge in [-0.1, -0.05) is 23.8 Å². The summed E-state index contributed by atoms with van der Waals surface area (Å²) in [5.74, 6) is -0.282. The molecule has 27 heavy (non-hydrogen) atoms. The van der Waals surface area contributed by atoms with E-state index in [-0.39, 0.29) is 12.5 Å². The van der Waals surface area contributed by atoms with Gasteiger partial charge in [0.15, 0.2) is 18.1 Å². The Morgan fingerprint density at radius 3 is 2.44 bits per heavy atom. The predicted octanol–water partition coefficient (Wildman–Crippen LogP) is 2.58. The number of methoxy groups -OCH3 is 1. The number of amides is 1. The smallest absolute Gasteiger partial charge is 0.320 e. The van der Waals surface area contributed by atoms with Crippen LogP contribution < -0.4 is 20.1 Å². The van der Waals surface area contributed by atoms with E-state index in [1.807, 2.05) is 31.2 Å². The first kappa shape index (κ1) is 20.3. The van der Waals surface area contributed by atoms with Gasteiger partial charge in [0.2, 0.25) is 0 Å². The van der Waals surface area contributed by atoms with Gasteiger partial charge in [-0.2, -0.15) is 0 Å². The van der Waals surface area contributed by atoms with Gasteiger partial charge in [0.25, 0.3) is 5.91 Å². The zero-order valence-electron chi connectivity index (χ0n) is 15.6. The van der Waals surface area contributed by atoms with Crippen LogP contribution in [0.2, 0.25) is 0 Å². The number of carboxylic acid groups (broad SMARTS) is 1. The van der Waals surface area contributed by atoms with Crippen LogP contribution in [-0.2, 0) is 16.1 Å². The lowest BCUT2D eigenvalue weighted by molar-refractivity contribution is -0.139. The highest BCUT2D eigenvalue weighted by atomic mass is 16.5. The molecule has 3 N–H and O–H groups in total. The van der Waals surface area contributed by atoms with Gasteiger partial charge in [-0.25, -0.2) is 0 Å². The van der Waals surface area contributed by atoms with Crippen LogP contribution in [-0.4, -0.2) is 36.7 Å². The summed E-state index contributed by atoms with van der Waals surface area (Å²) < 4.78 is 10.9. The highest BCUT2D eigenvalue weighted by Crippen LogP contribution is 2.28. The van der Waals surface area contributed by atoms with Crippen molar-refractivity contribution in [3.8, 4) is 11.5 Å². The van der Waals surface area contributed by atoms with Gasteiger partial charge in [-0.3, -0.25) is 9.59 Å². The molecule has 0 saturated heterocycles. The van der Waals surface area contributed by atoms with Crippen molar-refractivity contribution in [1.29, 1.82) is 0 Å². The number of carboxylic acids is 1. The largest absolute Gasteiger partial charge is 0.493 e. The molecule has 0 aliphatic carbocycles. The van der Waals surface area contributed by atoms with E-state index in [4.69, 9.17) is 14.6 Å².